The molecule has 0 saturated heterocycles. The van der Waals surface area contributed by atoms with Crippen molar-refractivity contribution in [3.63, 3.8) is 0 Å². The topological polar surface area (TPSA) is 15.6 Å². The number of nitrogens with zero attached hydrogens (tertiary/aromatic N) is 2. The van der Waals surface area contributed by atoms with Crippen molar-refractivity contribution >= 4 is 27.5 Å². The van der Waals surface area contributed by atoms with Crippen molar-refractivity contribution in [1.82, 2.24) is 0 Å². The van der Waals surface area contributed by atoms with Gasteiger partial charge in [-0.15, -0.1) is 0 Å². The molecule has 2 nitrogen and oxygen atoms in total. The third-order valence-electron chi connectivity index (χ3n) is 3.10. The minimum absolute atomic E-state index is 0.982. The molecule has 0 bridgehead atoms. The first-order chi connectivity index (χ1) is 8.31. The van der Waals surface area contributed by atoms with E-state index in [1.165, 1.54) is 30.8 Å². The highest BCUT2D eigenvalue weighted by atomic mass is 79.9. The normalized spacial score (nSPS) is 17.3. The van der Waals surface area contributed by atoms with E-state index in [0.717, 1.165) is 24.0 Å². The van der Waals surface area contributed by atoms with E-state index < -0.39 is 0 Å². The van der Waals surface area contributed by atoms with Gasteiger partial charge in [-0.3, -0.25) is 4.99 Å². The fourth-order valence-electron chi connectivity index (χ4n) is 2.18. The van der Waals surface area contributed by atoms with Gasteiger partial charge in [0, 0.05) is 29.7 Å². The zero-order chi connectivity index (χ0) is 12.1. The molecule has 3 heteroatoms. The Balaban J connectivity index is 2.25. The Morgan fingerprint density at radius 2 is 1.94 bits per heavy atom. The van der Waals surface area contributed by atoms with Crippen molar-refractivity contribution in [3.05, 3.63) is 28.7 Å². The molecule has 1 aliphatic rings. The number of hydrogen-bond acceptors (Lipinski definition) is 2. The Hall–Kier alpha value is -0.830. The van der Waals surface area contributed by atoms with Crippen molar-refractivity contribution in [2.75, 3.05) is 18.0 Å². The highest BCUT2D eigenvalue weighted by Crippen LogP contribution is 2.21. The van der Waals surface area contributed by atoms with E-state index in [9.17, 15) is 0 Å². The molecule has 0 saturated carbocycles. The number of rotatable bonds is 2. The van der Waals surface area contributed by atoms with Crippen molar-refractivity contribution in [2.45, 2.75) is 32.6 Å². The van der Waals surface area contributed by atoms with E-state index in [1.807, 2.05) is 0 Å². The van der Waals surface area contributed by atoms with Gasteiger partial charge in [-0.2, -0.15) is 0 Å². The molecule has 0 amide bonds. The van der Waals surface area contributed by atoms with Gasteiger partial charge >= 0.3 is 0 Å². The van der Waals surface area contributed by atoms with E-state index in [1.54, 1.807) is 0 Å². The highest BCUT2D eigenvalue weighted by molar-refractivity contribution is 9.10. The predicted octanol–water partition coefficient (Wildman–Crippen LogP) is 4.25. The van der Waals surface area contributed by atoms with Crippen LogP contribution in [0.1, 0.15) is 32.6 Å². The molecule has 92 valence electrons. The first kappa shape index (κ1) is 12.6. The molecule has 17 heavy (non-hydrogen) atoms. The first-order valence-corrected chi connectivity index (χ1v) is 7.17. The maximum absolute atomic E-state index is 4.71. The maximum atomic E-state index is 4.71. The Morgan fingerprint density at radius 1 is 1.18 bits per heavy atom. The third-order valence-corrected chi connectivity index (χ3v) is 3.63. The second-order valence-electron chi connectivity index (χ2n) is 4.34. The fourth-order valence-corrected chi connectivity index (χ4v) is 2.45. The van der Waals surface area contributed by atoms with Crippen LogP contribution in [0.5, 0.6) is 0 Å². The lowest BCUT2D eigenvalue weighted by Gasteiger charge is -2.27. The number of amidine groups is 1. The van der Waals surface area contributed by atoms with Crippen molar-refractivity contribution in [3.8, 4) is 0 Å². The summed E-state index contributed by atoms with van der Waals surface area (Å²) >= 11 is 3.48. The zero-order valence-corrected chi connectivity index (χ0v) is 11.9. The largest absolute Gasteiger partial charge is 0.330 e. The summed E-state index contributed by atoms with van der Waals surface area (Å²) in [5.41, 5.74) is 1.26. The second kappa shape index (κ2) is 6.20. The quantitative estimate of drug-likeness (QED) is 0.796. The lowest BCUT2D eigenvalue weighted by atomic mass is 10.1. The van der Waals surface area contributed by atoms with Crippen molar-refractivity contribution in [1.29, 1.82) is 0 Å². The van der Waals surface area contributed by atoms with Gasteiger partial charge in [0.05, 0.1) is 0 Å². The molecule has 1 heterocycles. The second-order valence-corrected chi connectivity index (χ2v) is 5.26. The number of anilines is 1. The zero-order valence-electron chi connectivity index (χ0n) is 10.3. The summed E-state index contributed by atoms with van der Waals surface area (Å²) < 4.78 is 1.13. The number of benzene rings is 1. The molecule has 0 N–H and O–H groups in total. The smallest absolute Gasteiger partial charge is 0.103 e. The van der Waals surface area contributed by atoms with E-state index in [4.69, 9.17) is 4.99 Å². The monoisotopic (exact) mass is 294 g/mol. The summed E-state index contributed by atoms with van der Waals surface area (Å²) in [5, 5.41) is 0. The van der Waals surface area contributed by atoms with Gasteiger partial charge in [0.25, 0.3) is 0 Å². The highest BCUT2D eigenvalue weighted by Gasteiger charge is 2.13. The minimum atomic E-state index is 0.982. The summed E-state index contributed by atoms with van der Waals surface area (Å²) in [6.07, 6.45) is 4.79. The summed E-state index contributed by atoms with van der Waals surface area (Å²) in [6, 6.07) is 8.52. The Labute approximate surface area is 112 Å². The van der Waals surface area contributed by atoms with Gasteiger partial charge in [0.1, 0.15) is 5.84 Å². The summed E-state index contributed by atoms with van der Waals surface area (Å²) in [6.45, 7) is 4.26. The van der Waals surface area contributed by atoms with E-state index in [2.05, 4.69) is 52.0 Å². The molecule has 0 unspecified atom stereocenters. The maximum Gasteiger partial charge on any atom is 0.103 e. The van der Waals surface area contributed by atoms with Crippen LogP contribution in [-0.4, -0.2) is 18.9 Å². The summed E-state index contributed by atoms with van der Waals surface area (Å²) in [7, 11) is 0. The Morgan fingerprint density at radius 3 is 2.65 bits per heavy atom. The van der Waals surface area contributed by atoms with Crippen LogP contribution in [0.25, 0.3) is 0 Å². The average molecular weight is 295 g/mol. The Bertz CT molecular complexity index is 384. The van der Waals surface area contributed by atoms with Crippen molar-refractivity contribution < 1.29 is 0 Å². The SMILES string of the molecule is CCC1=NCCCCCN1c1ccc(Br)cc1. The molecule has 0 spiro atoms. The molecular formula is C14H19BrN2. The van der Waals surface area contributed by atoms with Crippen LogP contribution >= 0.6 is 15.9 Å². The van der Waals surface area contributed by atoms with Crippen LogP contribution in [0.2, 0.25) is 0 Å². The number of aliphatic imine (C=N–C) groups is 1. The standard InChI is InChI=1S/C14H19BrN2/c1-2-14-16-10-4-3-5-11-17(14)13-8-6-12(15)7-9-13/h6-9H,2-5,10-11H2,1H3. The molecule has 0 aromatic heterocycles. The lowest BCUT2D eigenvalue weighted by molar-refractivity contribution is 0.672. The molecule has 0 fully saturated rings. The predicted molar refractivity (Wildman–Crippen MR) is 77.9 cm³/mol. The summed E-state index contributed by atoms with van der Waals surface area (Å²) in [4.78, 5) is 7.08. The van der Waals surface area contributed by atoms with Gasteiger partial charge in [-0.1, -0.05) is 22.9 Å². The van der Waals surface area contributed by atoms with E-state index in [-0.39, 0.29) is 0 Å². The molecule has 0 aliphatic carbocycles. The molecule has 1 aromatic rings. The average Bonchev–Trinajstić information content (AvgIpc) is 2.31. The van der Waals surface area contributed by atoms with Gasteiger partial charge in [0.15, 0.2) is 0 Å². The molecule has 2 rings (SSSR count). The van der Waals surface area contributed by atoms with E-state index in [0.29, 0.717) is 0 Å². The van der Waals surface area contributed by atoms with Crippen LogP contribution in [-0.2, 0) is 0 Å². The van der Waals surface area contributed by atoms with Crippen molar-refractivity contribution in [2.24, 2.45) is 4.99 Å². The van der Waals surface area contributed by atoms with Gasteiger partial charge < -0.3 is 4.90 Å². The van der Waals surface area contributed by atoms with Crippen LogP contribution in [0.4, 0.5) is 5.69 Å². The Kier molecular flexibility index (Phi) is 4.60. The molecule has 0 atom stereocenters. The van der Waals surface area contributed by atoms with Crippen LogP contribution in [0.15, 0.2) is 33.7 Å². The van der Waals surface area contributed by atoms with Crippen LogP contribution in [0, 0.1) is 0 Å². The number of halogens is 1. The summed E-state index contributed by atoms with van der Waals surface area (Å²) in [5.74, 6) is 1.23. The molecule has 1 aromatic carbocycles. The molecule has 0 radical (unpaired) electrons. The molecular weight excluding hydrogens is 276 g/mol. The van der Waals surface area contributed by atoms with Crippen LogP contribution in [0.3, 0.4) is 0 Å². The third kappa shape index (κ3) is 3.32. The first-order valence-electron chi connectivity index (χ1n) is 6.37. The minimum Gasteiger partial charge on any atom is -0.330 e. The molecule has 1 aliphatic heterocycles. The number of hydrogen-bond donors (Lipinski definition) is 0. The van der Waals surface area contributed by atoms with Crippen LogP contribution < -0.4 is 4.90 Å². The fraction of sp³-hybridized carbons (Fsp3) is 0.500. The lowest BCUT2D eigenvalue weighted by Crippen LogP contribution is -2.32. The van der Waals surface area contributed by atoms with E-state index >= 15 is 0 Å². The van der Waals surface area contributed by atoms with Gasteiger partial charge in [-0.25, -0.2) is 0 Å². The van der Waals surface area contributed by atoms with Gasteiger partial charge in [0.2, 0.25) is 0 Å². The van der Waals surface area contributed by atoms with Gasteiger partial charge in [-0.05, 0) is 43.5 Å².